The predicted molar refractivity (Wildman–Crippen MR) is 65.9 cm³/mol. The van der Waals surface area contributed by atoms with Crippen molar-refractivity contribution in [3.63, 3.8) is 0 Å². The molecule has 2 heterocycles. The van der Waals surface area contributed by atoms with Crippen molar-refractivity contribution in [3.8, 4) is 0 Å². The van der Waals surface area contributed by atoms with Crippen LogP contribution in [0.2, 0.25) is 0 Å². The summed E-state index contributed by atoms with van der Waals surface area (Å²) in [5.41, 5.74) is 0. The monoisotopic (exact) mass is 241 g/mol. The first-order chi connectivity index (χ1) is 8.29. The summed E-state index contributed by atoms with van der Waals surface area (Å²) in [4.78, 5) is 14.0. The maximum absolute atomic E-state index is 11.6. The maximum atomic E-state index is 11.6. The number of nitrogens with zero attached hydrogens (tertiary/aromatic N) is 1. The minimum atomic E-state index is 0.198. The van der Waals surface area contributed by atoms with E-state index in [4.69, 9.17) is 4.74 Å². The molecule has 2 atom stereocenters. The van der Waals surface area contributed by atoms with E-state index in [1.165, 1.54) is 0 Å². The summed E-state index contributed by atoms with van der Waals surface area (Å²) in [6, 6.07) is 0.403. The second kappa shape index (κ2) is 6.33. The standard InChI is InChI=1S/C12H23N3O2/c1-13-8-11-9-15(5-6-17-11)10-3-2-4-14-12(16)7-10/h10-11,13H,2-9H2,1H3,(H,14,16). The van der Waals surface area contributed by atoms with E-state index in [1.54, 1.807) is 0 Å². The van der Waals surface area contributed by atoms with E-state index in [-0.39, 0.29) is 12.0 Å². The van der Waals surface area contributed by atoms with Crippen LogP contribution in [0.25, 0.3) is 0 Å². The summed E-state index contributed by atoms with van der Waals surface area (Å²) in [7, 11) is 1.95. The third-order valence-corrected chi connectivity index (χ3v) is 3.58. The maximum Gasteiger partial charge on any atom is 0.221 e. The number of rotatable bonds is 3. The fourth-order valence-electron chi connectivity index (χ4n) is 2.69. The first-order valence-corrected chi connectivity index (χ1v) is 6.56. The summed E-state index contributed by atoms with van der Waals surface area (Å²) in [5.74, 6) is 0.198. The highest BCUT2D eigenvalue weighted by atomic mass is 16.5. The van der Waals surface area contributed by atoms with Gasteiger partial charge in [-0.05, 0) is 19.9 Å². The number of hydrogen-bond acceptors (Lipinski definition) is 4. The lowest BCUT2D eigenvalue weighted by molar-refractivity contribution is -0.122. The number of hydrogen-bond donors (Lipinski definition) is 2. The fourth-order valence-corrected chi connectivity index (χ4v) is 2.69. The van der Waals surface area contributed by atoms with Gasteiger partial charge in [-0.25, -0.2) is 0 Å². The van der Waals surface area contributed by atoms with Crippen LogP contribution < -0.4 is 10.6 Å². The van der Waals surface area contributed by atoms with E-state index in [0.29, 0.717) is 12.5 Å². The van der Waals surface area contributed by atoms with Crippen LogP contribution in [-0.2, 0) is 9.53 Å². The van der Waals surface area contributed by atoms with Crippen molar-refractivity contribution >= 4 is 5.91 Å². The normalized spacial score (nSPS) is 31.9. The molecule has 0 saturated carbocycles. The molecule has 2 saturated heterocycles. The Morgan fingerprint density at radius 1 is 1.59 bits per heavy atom. The Balaban J connectivity index is 1.88. The molecule has 0 bridgehead atoms. The van der Waals surface area contributed by atoms with Crippen molar-refractivity contribution in [2.24, 2.45) is 0 Å². The van der Waals surface area contributed by atoms with Crippen molar-refractivity contribution < 1.29 is 9.53 Å². The Morgan fingerprint density at radius 2 is 2.47 bits per heavy atom. The van der Waals surface area contributed by atoms with Crippen molar-refractivity contribution in [2.75, 3.05) is 39.8 Å². The highest BCUT2D eigenvalue weighted by Crippen LogP contribution is 2.17. The predicted octanol–water partition coefficient (Wildman–Crippen LogP) is -0.425. The van der Waals surface area contributed by atoms with Gasteiger partial charge in [-0.15, -0.1) is 0 Å². The highest BCUT2D eigenvalue weighted by molar-refractivity contribution is 5.76. The number of carbonyl (C=O) groups excluding carboxylic acids is 1. The quantitative estimate of drug-likeness (QED) is 0.704. The summed E-state index contributed by atoms with van der Waals surface area (Å²) in [6.45, 7) is 4.40. The number of carbonyl (C=O) groups is 1. The third kappa shape index (κ3) is 3.66. The molecule has 1 amide bonds. The number of nitrogens with one attached hydrogen (secondary N) is 2. The molecular weight excluding hydrogens is 218 g/mol. The van der Waals surface area contributed by atoms with Crippen LogP contribution in [0.5, 0.6) is 0 Å². The zero-order valence-corrected chi connectivity index (χ0v) is 10.6. The molecule has 2 fully saturated rings. The molecule has 0 aromatic carbocycles. The van der Waals surface area contributed by atoms with E-state index in [1.807, 2.05) is 7.05 Å². The zero-order valence-electron chi connectivity index (χ0n) is 10.6. The molecule has 98 valence electrons. The van der Waals surface area contributed by atoms with E-state index in [2.05, 4.69) is 15.5 Å². The summed E-state index contributed by atoms with van der Waals surface area (Å²) < 4.78 is 5.69. The van der Waals surface area contributed by atoms with Gasteiger partial charge in [0.1, 0.15) is 0 Å². The molecule has 17 heavy (non-hydrogen) atoms. The molecule has 2 aliphatic heterocycles. The van der Waals surface area contributed by atoms with Crippen LogP contribution in [0.15, 0.2) is 0 Å². The molecule has 0 aromatic heterocycles. The van der Waals surface area contributed by atoms with Gasteiger partial charge in [-0.2, -0.15) is 0 Å². The van der Waals surface area contributed by atoms with Crippen molar-refractivity contribution in [3.05, 3.63) is 0 Å². The van der Waals surface area contributed by atoms with E-state index >= 15 is 0 Å². The number of ether oxygens (including phenoxy) is 1. The van der Waals surface area contributed by atoms with Crippen molar-refractivity contribution in [1.29, 1.82) is 0 Å². The highest BCUT2D eigenvalue weighted by Gasteiger charge is 2.28. The molecule has 5 heteroatoms. The zero-order chi connectivity index (χ0) is 12.1. The number of amides is 1. The second-order valence-corrected chi connectivity index (χ2v) is 4.90. The van der Waals surface area contributed by atoms with Crippen LogP contribution in [0.1, 0.15) is 19.3 Å². The Bertz CT molecular complexity index is 258. The van der Waals surface area contributed by atoms with Gasteiger partial charge in [0, 0.05) is 38.6 Å². The van der Waals surface area contributed by atoms with Gasteiger partial charge < -0.3 is 15.4 Å². The smallest absolute Gasteiger partial charge is 0.221 e. The lowest BCUT2D eigenvalue weighted by Crippen LogP contribution is -2.50. The molecule has 0 aliphatic carbocycles. The first kappa shape index (κ1) is 12.8. The largest absolute Gasteiger partial charge is 0.374 e. The van der Waals surface area contributed by atoms with Gasteiger partial charge in [0.15, 0.2) is 0 Å². The first-order valence-electron chi connectivity index (χ1n) is 6.56. The molecule has 2 unspecified atom stereocenters. The minimum absolute atomic E-state index is 0.198. The van der Waals surface area contributed by atoms with Gasteiger partial charge in [0.05, 0.1) is 12.7 Å². The molecule has 2 aliphatic rings. The van der Waals surface area contributed by atoms with Crippen LogP contribution >= 0.6 is 0 Å². The molecule has 0 aromatic rings. The van der Waals surface area contributed by atoms with E-state index in [9.17, 15) is 4.79 Å². The SMILES string of the molecule is CNCC1CN(C2CCCNC(=O)C2)CCO1. The summed E-state index contributed by atoms with van der Waals surface area (Å²) in [6.07, 6.45) is 3.11. The van der Waals surface area contributed by atoms with Gasteiger partial charge in [0.2, 0.25) is 5.91 Å². The summed E-state index contributed by atoms with van der Waals surface area (Å²) >= 11 is 0. The Morgan fingerprint density at radius 3 is 3.29 bits per heavy atom. The van der Waals surface area contributed by atoms with Gasteiger partial charge in [-0.3, -0.25) is 9.69 Å². The Labute approximate surface area is 103 Å². The topological polar surface area (TPSA) is 53.6 Å². The average molecular weight is 241 g/mol. The number of likely N-dealkylation sites (N-methyl/N-ethyl adjacent to an activating group) is 1. The number of morpholine rings is 1. The van der Waals surface area contributed by atoms with Crippen LogP contribution in [0.3, 0.4) is 0 Å². The van der Waals surface area contributed by atoms with Gasteiger partial charge in [0.25, 0.3) is 0 Å². The van der Waals surface area contributed by atoms with Crippen LogP contribution in [0.4, 0.5) is 0 Å². The van der Waals surface area contributed by atoms with Crippen molar-refractivity contribution in [2.45, 2.75) is 31.4 Å². The van der Waals surface area contributed by atoms with Crippen LogP contribution in [0, 0.1) is 0 Å². The molecule has 0 spiro atoms. The van der Waals surface area contributed by atoms with Gasteiger partial charge >= 0.3 is 0 Å². The average Bonchev–Trinajstić information content (AvgIpc) is 2.55. The lowest BCUT2D eigenvalue weighted by Gasteiger charge is -2.37. The van der Waals surface area contributed by atoms with Crippen molar-refractivity contribution in [1.82, 2.24) is 15.5 Å². The van der Waals surface area contributed by atoms with E-state index in [0.717, 1.165) is 45.6 Å². The Hall–Kier alpha value is -0.650. The lowest BCUT2D eigenvalue weighted by atomic mass is 10.1. The molecular formula is C12H23N3O2. The molecule has 0 radical (unpaired) electrons. The van der Waals surface area contributed by atoms with Crippen LogP contribution in [-0.4, -0.2) is 62.8 Å². The second-order valence-electron chi connectivity index (χ2n) is 4.90. The molecule has 2 N–H and O–H groups in total. The van der Waals surface area contributed by atoms with E-state index < -0.39 is 0 Å². The van der Waals surface area contributed by atoms with Gasteiger partial charge in [-0.1, -0.05) is 0 Å². The molecule has 5 nitrogen and oxygen atoms in total. The third-order valence-electron chi connectivity index (χ3n) is 3.58. The minimum Gasteiger partial charge on any atom is -0.374 e. The molecule has 2 rings (SSSR count). The summed E-state index contributed by atoms with van der Waals surface area (Å²) in [5, 5.41) is 6.09. The fraction of sp³-hybridized carbons (Fsp3) is 0.917. The Kier molecular flexibility index (Phi) is 4.76.